The predicted octanol–water partition coefficient (Wildman–Crippen LogP) is 0.304. The molecule has 0 saturated heterocycles. The molecule has 0 atom stereocenters. The third kappa shape index (κ3) is 17.6. The quantitative estimate of drug-likeness (QED) is 0.329. The second-order valence-electron chi connectivity index (χ2n) is 0.304. The number of amides is 1. The first-order valence-electron chi connectivity index (χ1n) is 0.682. The molecule has 0 unspecified atom stereocenters. The molecule has 2 N–H and O–H groups in total. The van der Waals surface area contributed by atoms with Gasteiger partial charge in [-0.15, -0.1) is 0 Å². The van der Waals surface area contributed by atoms with E-state index in [1.165, 1.54) is 0 Å². The first kappa shape index (κ1) is 3.76. The average Bonchev–Trinajstić information content (AvgIpc) is 0.811. The van der Waals surface area contributed by atoms with E-state index in [1.54, 1.807) is 0 Å². The fraction of sp³-hybridized carbons (Fsp3) is 0. The van der Waals surface area contributed by atoms with Gasteiger partial charge in [0, 0.05) is 0 Å². The molecule has 1 amide bonds. The van der Waals surface area contributed by atoms with Crippen molar-refractivity contribution in [1.29, 1.82) is 0 Å². The van der Waals surface area contributed by atoms with Crippen molar-refractivity contribution in [2.45, 2.75) is 0 Å². The second-order valence-corrected chi connectivity index (χ2v) is 0.677. The summed E-state index contributed by atoms with van der Waals surface area (Å²) in [6, 6.07) is 0. The van der Waals surface area contributed by atoms with Crippen LogP contribution in [0.25, 0.3) is 0 Å². The highest BCUT2D eigenvalue weighted by atomic mass is 35.5. The van der Waals surface area contributed by atoms with E-state index < -0.39 is 5.37 Å². The maximum atomic E-state index is 8.99. The summed E-state index contributed by atoms with van der Waals surface area (Å²) in [5, 5.41) is -0.861. The minimum Gasteiger partial charge on any atom is -0.356 e. The fourth-order valence-corrected chi connectivity index (χ4v) is 0. The Balaban J connectivity index is 2.80. The molecule has 0 aliphatic rings. The van der Waals surface area contributed by atoms with E-state index >= 15 is 0 Å². The molecule has 0 aliphatic heterocycles. The van der Waals surface area contributed by atoms with Crippen molar-refractivity contribution in [2.24, 2.45) is 5.73 Å². The van der Waals surface area contributed by atoms with Crippen molar-refractivity contribution >= 4 is 17.0 Å². The number of hydrogen-bond acceptors (Lipinski definition) is 1. The van der Waals surface area contributed by atoms with Crippen LogP contribution in [0.1, 0.15) is 0 Å². The minimum absolute atomic E-state index is 0.861. The lowest BCUT2D eigenvalue weighted by atomic mass is 10.6. The molecule has 0 aliphatic carbocycles. The zero-order valence-electron chi connectivity index (χ0n) is 1.86. The van der Waals surface area contributed by atoms with Gasteiger partial charge < -0.3 is 5.73 Å². The number of primary amides is 1. The molecule has 24 valence electrons. The number of nitrogens with two attached hydrogens (primary N) is 1. The summed E-state index contributed by atoms with van der Waals surface area (Å²) in [5.41, 5.74) is 4.24. The number of carbonyl (C=O) groups excluding carboxylic acids is 1. The number of carbonyl (C=O) groups is 1. The molecule has 0 aromatic heterocycles. The topological polar surface area (TPSA) is 43.1 Å². The van der Waals surface area contributed by atoms with Crippen LogP contribution in [0, 0.1) is 0 Å². The summed E-state index contributed by atoms with van der Waals surface area (Å²) in [5.74, 6) is 0. The Bertz CT molecular complexity index is 31.0. The van der Waals surface area contributed by atoms with Gasteiger partial charge in [0.05, 0.1) is 0 Å². The lowest BCUT2D eigenvalue weighted by molar-refractivity contribution is 0.266. The van der Waals surface area contributed by atoms with Crippen LogP contribution in [0.15, 0.2) is 0 Å². The molecule has 0 aromatic carbocycles. The van der Waals surface area contributed by atoms with E-state index in [-0.39, 0.29) is 0 Å². The fourth-order valence-electron chi connectivity index (χ4n) is 0. The maximum Gasteiger partial charge on any atom is 0.311 e. The number of halogens is 1. The molecule has 0 heterocycles. The minimum atomic E-state index is -0.861. The van der Waals surface area contributed by atoms with Crippen LogP contribution in [0.3, 0.4) is 0 Å². The molecule has 0 aromatic rings. The second kappa shape index (κ2) is 1.12. The summed E-state index contributed by atoms with van der Waals surface area (Å²) >= 11 is 4.41. The lowest BCUT2D eigenvalue weighted by Gasteiger charge is -1.56. The molecular formula is CH2ClNO. The molecule has 0 saturated carbocycles. The normalized spacial score (nSPS) is 6.25. The SMILES string of the molecule is N[11C](=O)Cl. The Morgan fingerprint density at radius 3 is 2.00 bits per heavy atom. The van der Waals surface area contributed by atoms with Crippen LogP contribution in [-0.4, -0.2) is 5.37 Å². The van der Waals surface area contributed by atoms with Gasteiger partial charge in [-0.05, 0) is 11.6 Å². The molecule has 2 nitrogen and oxygen atoms in total. The maximum absolute atomic E-state index is 8.99. The van der Waals surface area contributed by atoms with E-state index in [0.717, 1.165) is 0 Å². The smallest absolute Gasteiger partial charge is 0.311 e. The Labute approximate surface area is 28.5 Å². The Kier molecular flexibility index (Phi) is 1.05. The van der Waals surface area contributed by atoms with Crippen molar-refractivity contribution < 1.29 is 4.79 Å². The first-order valence-corrected chi connectivity index (χ1v) is 1.06. The van der Waals surface area contributed by atoms with Crippen molar-refractivity contribution in [2.75, 3.05) is 0 Å². The Morgan fingerprint density at radius 2 is 2.00 bits per heavy atom. The van der Waals surface area contributed by atoms with Crippen molar-refractivity contribution in [3.8, 4) is 0 Å². The van der Waals surface area contributed by atoms with Gasteiger partial charge in [-0.25, -0.2) is 0 Å². The van der Waals surface area contributed by atoms with Gasteiger partial charge in [-0.3, -0.25) is 4.79 Å². The van der Waals surface area contributed by atoms with Crippen LogP contribution in [0.4, 0.5) is 4.79 Å². The standard InChI is InChI=1S/CH2ClNO/c2-1(3)4/h(H2,3,4)/i1-1. The molecule has 0 fully saturated rings. The van der Waals surface area contributed by atoms with Crippen molar-refractivity contribution in [3.63, 3.8) is 0 Å². The van der Waals surface area contributed by atoms with E-state index in [2.05, 4.69) is 17.3 Å². The molecule has 0 radical (unpaired) electrons. The van der Waals surface area contributed by atoms with Gasteiger partial charge in [0.15, 0.2) is 0 Å². The highest BCUT2D eigenvalue weighted by molar-refractivity contribution is 6.62. The zero-order valence-corrected chi connectivity index (χ0v) is 2.62. The monoisotopic (exact) mass is 78.0 g/mol. The third-order valence-electron chi connectivity index (χ3n) is 0. The highest BCUT2D eigenvalue weighted by Gasteiger charge is 1.66. The van der Waals surface area contributed by atoms with E-state index in [4.69, 9.17) is 4.79 Å². The van der Waals surface area contributed by atoms with Crippen LogP contribution in [0.2, 0.25) is 0 Å². The number of hydrogen-bond donors (Lipinski definition) is 1. The van der Waals surface area contributed by atoms with E-state index in [1.807, 2.05) is 0 Å². The third-order valence-corrected chi connectivity index (χ3v) is 0. The van der Waals surface area contributed by atoms with E-state index in [9.17, 15) is 0 Å². The summed E-state index contributed by atoms with van der Waals surface area (Å²) in [6.45, 7) is 0. The largest absolute Gasteiger partial charge is 0.356 e. The summed E-state index contributed by atoms with van der Waals surface area (Å²) in [6.07, 6.45) is 0. The van der Waals surface area contributed by atoms with Gasteiger partial charge in [0.25, 0.3) is 0 Å². The molecule has 0 spiro atoms. The Hall–Kier alpha value is -0.240. The van der Waals surface area contributed by atoms with Gasteiger partial charge in [0.1, 0.15) is 0 Å². The van der Waals surface area contributed by atoms with Crippen LogP contribution in [-0.2, 0) is 0 Å². The van der Waals surface area contributed by atoms with Gasteiger partial charge in [0.2, 0.25) is 0 Å². The van der Waals surface area contributed by atoms with Gasteiger partial charge in [-0.1, -0.05) is 0 Å². The molecule has 4 heavy (non-hydrogen) atoms. The van der Waals surface area contributed by atoms with Crippen LogP contribution >= 0.6 is 11.6 Å². The van der Waals surface area contributed by atoms with Crippen molar-refractivity contribution in [1.82, 2.24) is 0 Å². The Morgan fingerprint density at radius 1 is 2.00 bits per heavy atom. The summed E-state index contributed by atoms with van der Waals surface area (Å²) < 4.78 is 0. The van der Waals surface area contributed by atoms with Crippen LogP contribution < -0.4 is 5.73 Å². The lowest BCUT2D eigenvalue weighted by Crippen LogP contribution is -1.94. The summed E-state index contributed by atoms with van der Waals surface area (Å²) in [7, 11) is 0. The average molecular weight is 78.5 g/mol. The van der Waals surface area contributed by atoms with E-state index in [0.29, 0.717) is 0 Å². The van der Waals surface area contributed by atoms with Gasteiger partial charge in [-0.2, -0.15) is 0 Å². The highest BCUT2D eigenvalue weighted by Crippen LogP contribution is 1.62. The first-order chi connectivity index (χ1) is 1.73. The molecule has 0 bridgehead atoms. The number of rotatable bonds is 0. The zero-order chi connectivity index (χ0) is 3.58. The van der Waals surface area contributed by atoms with Crippen LogP contribution in [0.5, 0.6) is 0 Å². The molecule has 3 heteroatoms. The molecule has 0 rings (SSSR count). The van der Waals surface area contributed by atoms with Gasteiger partial charge >= 0.3 is 5.37 Å². The predicted molar refractivity (Wildman–Crippen MR) is 15.4 cm³/mol. The molecular weight excluding hydrogens is 76.5 g/mol. The van der Waals surface area contributed by atoms with Crippen molar-refractivity contribution in [3.05, 3.63) is 0 Å². The summed E-state index contributed by atoms with van der Waals surface area (Å²) in [4.78, 5) is 8.99.